The van der Waals surface area contributed by atoms with E-state index in [1.54, 1.807) is 0 Å². The van der Waals surface area contributed by atoms with Crippen LogP contribution in [-0.2, 0) is 5.41 Å². The van der Waals surface area contributed by atoms with E-state index in [0.717, 1.165) is 77.6 Å². The number of anilines is 5. The zero-order valence-electron chi connectivity index (χ0n) is 35.5. The van der Waals surface area contributed by atoms with Crippen LogP contribution in [0.2, 0.25) is 0 Å². The van der Waals surface area contributed by atoms with Crippen LogP contribution in [0.3, 0.4) is 0 Å². The summed E-state index contributed by atoms with van der Waals surface area (Å²) in [5.74, 6) is 0. The molecule has 0 radical (unpaired) electrons. The van der Waals surface area contributed by atoms with E-state index in [-0.39, 0.29) is 6.85 Å². The highest BCUT2D eigenvalue weighted by Gasteiger charge is 2.56. The van der Waals surface area contributed by atoms with E-state index in [1.165, 1.54) is 61.2 Å². The summed E-state index contributed by atoms with van der Waals surface area (Å²) in [6, 6.07) is 78.3. The van der Waals surface area contributed by atoms with E-state index in [9.17, 15) is 0 Å². The Hall–Kier alpha value is -8.54. The van der Waals surface area contributed by atoms with Crippen molar-refractivity contribution in [3.63, 3.8) is 0 Å². The molecule has 304 valence electrons. The molecule has 0 atom stereocenters. The van der Waals surface area contributed by atoms with Gasteiger partial charge in [-0.1, -0.05) is 170 Å². The molecule has 0 saturated carbocycles. The molecule has 16 rings (SSSR count). The molecule has 1 spiro atoms. The molecule has 12 aromatic rings. The first-order valence-corrected chi connectivity index (χ1v) is 22.9. The minimum Gasteiger partial charge on any atom is -0.455 e. The third-order valence-electron chi connectivity index (χ3n) is 15.2. The second-order valence-corrected chi connectivity index (χ2v) is 18.2. The number of hydrogen-bond donors (Lipinski definition) is 0. The Kier molecular flexibility index (Phi) is 6.54. The Morgan fingerprint density at radius 3 is 1.77 bits per heavy atom. The molecule has 0 unspecified atom stereocenters. The lowest BCUT2D eigenvalue weighted by molar-refractivity contribution is 0.669. The molecule has 0 amide bonds. The Labute approximate surface area is 380 Å². The molecule has 5 heterocycles. The van der Waals surface area contributed by atoms with Crippen molar-refractivity contribution in [1.29, 1.82) is 0 Å². The van der Waals surface area contributed by atoms with Crippen LogP contribution in [0.1, 0.15) is 22.3 Å². The molecular formula is C61H35BN2O2. The lowest BCUT2D eigenvalue weighted by Gasteiger charge is -2.51. The lowest BCUT2D eigenvalue weighted by atomic mass is 9.42. The quantitative estimate of drug-likeness (QED) is 0.162. The second kappa shape index (κ2) is 12.4. The number of rotatable bonds is 2. The topological polar surface area (TPSA) is 32.8 Å². The van der Waals surface area contributed by atoms with E-state index >= 15 is 0 Å². The van der Waals surface area contributed by atoms with Gasteiger partial charge in [0.15, 0.2) is 5.58 Å². The van der Waals surface area contributed by atoms with Crippen LogP contribution in [0.5, 0.6) is 0 Å². The minimum atomic E-state index is -0.556. The molecule has 2 aromatic heterocycles. The SMILES string of the molecule is c1ccc(-c2ccc3c(c2)-c2c4c(cc5c2oc2ccccc25)N2c5ccccc5C5(c6ccccc6-c6ccccc65)c5cccc(c52)B4N3c2cccc3c2oc2ccccc23)cc1. The van der Waals surface area contributed by atoms with Crippen molar-refractivity contribution in [1.82, 2.24) is 0 Å². The predicted octanol–water partition coefficient (Wildman–Crippen LogP) is 14.5. The molecule has 4 nitrogen and oxygen atoms in total. The van der Waals surface area contributed by atoms with Crippen molar-refractivity contribution in [2.45, 2.75) is 5.41 Å². The van der Waals surface area contributed by atoms with Crippen molar-refractivity contribution in [3.8, 4) is 33.4 Å². The molecule has 0 bridgehead atoms. The number of fused-ring (bicyclic) bond motifs is 20. The van der Waals surface area contributed by atoms with Crippen molar-refractivity contribution in [2.75, 3.05) is 9.71 Å². The first-order valence-electron chi connectivity index (χ1n) is 22.9. The van der Waals surface area contributed by atoms with Crippen LogP contribution in [-0.4, -0.2) is 6.85 Å². The third kappa shape index (κ3) is 4.14. The summed E-state index contributed by atoms with van der Waals surface area (Å²) in [5.41, 5.74) is 23.5. The van der Waals surface area contributed by atoms with Gasteiger partial charge in [0, 0.05) is 49.7 Å². The van der Waals surface area contributed by atoms with Gasteiger partial charge in [-0.2, -0.15) is 0 Å². The van der Waals surface area contributed by atoms with Crippen LogP contribution in [0.25, 0.3) is 77.3 Å². The van der Waals surface area contributed by atoms with Gasteiger partial charge in [0.05, 0.1) is 16.8 Å². The summed E-state index contributed by atoms with van der Waals surface area (Å²) < 4.78 is 14.1. The molecule has 5 heteroatoms. The number of benzene rings is 10. The zero-order chi connectivity index (χ0) is 42.8. The van der Waals surface area contributed by atoms with E-state index in [1.807, 2.05) is 0 Å². The van der Waals surface area contributed by atoms with Gasteiger partial charge in [-0.15, -0.1) is 0 Å². The highest BCUT2D eigenvalue weighted by molar-refractivity contribution is 6.94. The van der Waals surface area contributed by atoms with Crippen LogP contribution in [0.4, 0.5) is 28.4 Å². The van der Waals surface area contributed by atoms with Crippen LogP contribution >= 0.6 is 0 Å². The van der Waals surface area contributed by atoms with Crippen molar-refractivity contribution < 1.29 is 8.83 Å². The molecule has 66 heavy (non-hydrogen) atoms. The van der Waals surface area contributed by atoms with E-state index in [2.05, 4.69) is 222 Å². The van der Waals surface area contributed by atoms with Crippen LogP contribution < -0.4 is 20.6 Å². The molecular weight excluding hydrogens is 803 g/mol. The maximum absolute atomic E-state index is 7.14. The Bertz CT molecular complexity index is 4060. The molecule has 0 N–H and O–H groups in total. The number of nitrogens with zero attached hydrogens (tertiary/aromatic N) is 2. The molecule has 1 aliphatic carbocycles. The maximum Gasteiger partial charge on any atom is 0.333 e. The summed E-state index contributed by atoms with van der Waals surface area (Å²) >= 11 is 0. The van der Waals surface area contributed by atoms with Gasteiger partial charge in [-0.25, -0.2) is 0 Å². The van der Waals surface area contributed by atoms with Gasteiger partial charge in [-0.05, 0) is 97.9 Å². The van der Waals surface area contributed by atoms with Crippen molar-refractivity contribution in [2.24, 2.45) is 0 Å². The maximum atomic E-state index is 7.14. The van der Waals surface area contributed by atoms with Gasteiger partial charge < -0.3 is 18.5 Å². The normalized spacial score (nSPS) is 14.4. The smallest absolute Gasteiger partial charge is 0.333 e. The highest BCUT2D eigenvalue weighted by Crippen LogP contribution is 2.64. The average Bonchev–Trinajstić information content (AvgIpc) is 4.05. The number of furan rings is 2. The van der Waals surface area contributed by atoms with Gasteiger partial charge in [0.1, 0.15) is 16.7 Å². The standard InChI is InChI=1S/C61H35BN2O2/c1-2-16-36(17-3-1)37-32-33-50-44(34-37)56-57-53(35-43-41-21-7-13-31-55(41)66-60(43)56)63-51-28-11-10-25-47(51)61(45-23-8-4-18-38(45)39-19-5-9-24-46(39)61)48-26-15-27-49(58(48)63)62(57)64(50)52-29-14-22-42-40-20-6-12-30-54(40)65-59(42)52/h1-35H. The molecule has 4 aliphatic rings. The number of para-hydroxylation sites is 5. The van der Waals surface area contributed by atoms with E-state index in [0.29, 0.717) is 0 Å². The van der Waals surface area contributed by atoms with Crippen molar-refractivity contribution in [3.05, 3.63) is 235 Å². The van der Waals surface area contributed by atoms with E-state index in [4.69, 9.17) is 8.83 Å². The van der Waals surface area contributed by atoms with Crippen molar-refractivity contribution >= 4 is 90.1 Å². The molecule has 3 aliphatic heterocycles. The Balaban J connectivity index is 1.10. The predicted molar refractivity (Wildman–Crippen MR) is 271 cm³/mol. The first kappa shape index (κ1) is 34.9. The fourth-order valence-corrected chi connectivity index (χ4v) is 12.7. The summed E-state index contributed by atoms with van der Waals surface area (Å²) in [4.78, 5) is 5.20. The van der Waals surface area contributed by atoms with Gasteiger partial charge in [-0.3, -0.25) is 0 Å². The van der Waals surface area contributed by atoms with Gasteiger partial charge in [0.2, 0.25) is 0 Å². The molecule has 10 aromatic carbocycles. The zero-order valence-corrected chi connectivity index (χ0v) is 35.5. The van der Waals surface area contributed by atoms with Crippen LogP contribution in [0.15, 0.2) is 221 Å². The largest absolute Gasteiger partial charge is 0.455 e. The monoisotopic (exact) mass is 838 g/mol. The lowest BCUT2D eigenvalue weighted by Crippen LogP contribution is -2.62. The summed E-state index contributed by atoms with van der Waals surface area (Å²) in [6.45, 7) is -0.262. The summed E-state index contributed by atoms with van der Waals surface area (Å²) in [6.07, 6.45) is 0. The minimum absolute atomic E-state index is 0.262. The summed E-state index contributed by atoms with van der Waals surface area (Å²) in [7, 11) is 0. The highest BCUT2D eigenvalue weighted by atomic mass is 16.3. The summed E-state index contributed by atoms with van der Waals surface area (Å²) in [5, 5.41) is 4.43. The second-order valence-electron chi connectivity index (χ2n) is 18.2. The van der Waals surface area contributed by atoms with Gasteiger partial charge >= 0.3 is 6.85 Å². The van der Waals surface area contributed by atoms with E-state index < -0.39 is 5.41 Å². The molecule has 0 saturated heterocycles. The average molecular weight is 839 g/mol. The van der Waals surface area contributed by atoms with Gasteiger partial charge in [0.25, 0.3) is 0 Å². The Morgan fingerprint density at radius 2 is 0.985 bits per heavy atom. The Morgan fingerprint density at radius 1 is 0.379 bits per heavy atom. The molecule has 0 fully saturated rings. The fourth-order valence-electron chi connectivity index (χ4n) is 12.7. The number of hydrogen-bond acceptors (Lipinski definition) is 4. The van der Waals surface area contributed by atoms with Crippen LogP contribution in [0, 0.1) is 0 Å². The fraction of sp³-hybridized carbons (Fsp3) is 0.0164. The third-order valence-corrected chi connectivity index (χ3v) is 15.2. The first-order chi connectivity index (χ1) is 32.8.